The van der Waals surface area contributed by atoms with Gasteiger partial charge >= 0.3 is 0 Å². The smallest absolute Gasteiger partial charge is 0.243 e. The Morgan fingerprint density at radius 2 is 1.76 bits per heavy atom. The molecular weight excluding hydrogens is 379 g/mol. The van der Waals surface area contributed by atoms with Gasteiger partial charge in [-0.2, -0.15) is 0 Å². The average Bonchev–Trinajstić information content (AvgIpc) is 2.48. The van der Waals surface area contributed by atoms with Gasteiger partial charge in [0.2, 0.25) is 5.91 Å². The van der Waals surface area contributed by atoms with E-state index in [2.05, 4.69) is 33.2 Å². The van der Waals surface area contributed by atoms with E-state index in [9.17, 15) is 9.59 Å². The highest BCUT2D eigenvalue weighted by Gasteiger charge is 2.04. The first-order chi connectivity index (χ1) is 10.0. The summed E-state index contributed by atoms with van der Waals surface area (Å²) in [6.45, 7) is 1.66. The van der Waals surface area contributed by atoms with Crippen LogP contribution in [-0.4, -0.2) is 18.2 Å². The Morgan fingerprint density at radius 3 is 2.43 bits per heavy atom. The van der Waals surface area contributed by atoms with Crippen molar-refractivity contribution in [2.24, 2.45) is 0 Å². The van der Waals surface area contributed by atoms with E-state index in [0.29, 0.717) is 5.56 Å². The molecular formula is C16H15IN2O2. The summed E-state index contributed by atoms with van der Waals surface area (Å²) >= 11 is 2.21. The molecule has 0 radical (unpaired) electrons. The van der Waals surface area contributed by atoms with Crippen molar-refractivity contribution in [1.29, 1.82) is 0 Å². The number of benzene rings is 2. The van der Waals surface area contributed by atoms with Gasteiger partial charge in [-0.3, -0.25) is 9.59 Å². The lowest BCUT2D eigenvalue weighted by atomic mass is 10.1. The van der Waals surface area contributed by atoms with E-state index >= 15 is 0 Å². The van der Waals surface area contributed by atoms with E-state index in [1.165, 1.54) is 6.92 Å². The molecule has 2 rings (SSSR count). The summed E-state index contributed by atoms with van der Waals surface area (Å²) in [6, 6.07) is 14.7. The van der Waals surface area contributed by atoms with Gasteiger partial charge < -0.3 is 10.6 Å². The molecule has 21 heavy (non-hydrogen) atoms. The first-order valence-electron chi connectivity index (χ1n) is 6.45. The Labute approximate surface area is 137 Å². The first kappa shape index (κ1) is 15.5. The highest BCUT2D eigenvalue weighted by Crippen LogP contribution is 2.12. The third-order valence-corrected chi connectivity index (χ3v) is 3.57. The van der Waals surface area contributed by atoms with Crippen LogP contribution in [0.2, 0.25) is 0 Å². The van der Waals surface area contributed by atoms with Gasteiger partial charge in [0.15, 0.2) is 5.78 Å². The second kappa shape index (κ2) is 7.21. The maximum Gasteiger partial charge on any atom is 0.243 e. The SMILES string of the molecule is CC(=O)c1cccc(NCC(=O)Nc2ccc(I)cc2)c1. The van der Waals surface area contributed by atoms with Crippen LogP contribution in [0, 0.1) is 3.57 Å². The van der Waals surface area contributed by atoms with E-state index in [1.807, 2.05) is 30.3 Å². The minimum Gasteiger partial charge on any atom is -0.376 e. The fourth-order valence-corrected chi connectivity index (χ4v) is 2.13. The predicted octanol–water partition coefficient (Wildman–Crippen LogP) is 3.54. The summed E-state index contributed by atoms with van der Waals surface area (Å²) in [5, 5.41) is 5.81. The van der Waals surface area contributed by atoms with E-state index in [0.717, 1.165) is 14.9 Å². The van der Waals surface area contributed by atoms with Crippen molar-refractivity contribution in [2.45, 2.75) is 6.92 Å². The van der Waals surface area contributed by atoms with Crippen molar-refractivity contribution in [1.82, 2.24) is 0 Å². The molecule has 0 bridgehead atoms. The van der Waals surface area contributed by atoms with Crippen LogP contribution in [0.15, 0.2) is 48.5 Å². The van der Waals surface area contributed by atoms with Crippen LogP contribution in [0.1, 0.15) is 17.3 Å². The van der Waals surface area contributed by atoms with Crippen molar-refractivity contribution in [3.63, 3.8) is 0 Å². The number of ketones is 1. The number of rotatable bonds is 5. The van der Waals surface area contributed by atoms with Crippen molar-refractivity contribution >= 4 is 45.7 Å². The topological polar surface area (TPSA) is 58.2 Å². The van der Waals surface area contributed by atoms with E-state index in [1.54, 1.807) is 18.2 Å². The number of Topliss-reactive ketones (excluding diaryl/α,β-unsaturated/α-hetero) is 1. The molecule has 0 saturated heterocycles. The zero-order chi connectivity index (χ0) is 15.2. The van der Waals surface area contributed by atoms with Crippen molar-refractivity contribution in [2.75, 3.05) is 17.2 Å². The molecule has 4 nitrogen and oxygen atoms in total. The minimum atomic E-state index is -0.135. The van der Waals surface area contributed by atoms with Crippen molar-refractivity contribution < 1.29 is 9.59 Å². The number of nitrogens with one attached hydrogen (secondary N) is 2. The number of carbonyl (C=O) groups excluding carboxylic acids is 2. The molecule has 0 aliphatic heterocycles. The maximum absolute atomic E-state index is 11.8. The lowest BCUT2D eigenvalue weighted by Gasteiger charge is -2.08. The average molecular weight is 394 g/mol. The largest absolute Gasteiger partial charge is 0.376 e. The minimum absolute atomic E-state index is 0.00184. The molecule has 0 aromatic heterocycles. The third-order valence-electron chi connectivity index (χ3n) is 2.85. The van der Waals surface area contributed by atoms with Gasteiger partial charge in [-0.25, -0.2) is 0 Å². The molecule has 0 aliphatic carbocycles. The van der Waals surface area contributed by atoms with Crippen LogP contribution in [0.25, 0.3) is 0 Å². The summed E-state index contributed by atoms with van der Waals surface area (Å²) in [4.78, 5) is 23.1. The molecule has 2 N–H and O–H groups in total. The summed E-state index contributed by atoms with van der Waals surface area (Å²) in [5.74, 6) is -0.133. The number of anilines is 2. The van der Waals surface area contributed by atoms with E-state index < -0.39 is 0 Å². The summed E-state index contributed by atoms with van der Waals surface area (Å²) in [6.07, 6.45) is 0. The molecule has 1 amide bonds. The summed E-state index contributed by atoms with van der Waals surface area (Å²) < 4.78 is 1.12. The summed E-state index contributed by atoms with van der Waals surface area (Å²) in [5.41, 5.74) is 2.14. The highest BCUT2D eigenvalue weighted by atomic mass is 127. The van der Waals surface area contributed by atoms with Crippen molar-refractivity contribution in [3.05, 3.63) is 57.7 Å². The monoisotopic (exact) mass is 394 g/mol. The predicted molar refractivity (Wildman–Crippen MR) is 92.7 cm³/mol. The molecule has 0 unspecified atom stereocenters. The van der Waals surface area contributed by atoms with Crippen LogP contribution >= 0.6 is 22.6 Å². The number of carbonyl (C=O) groups is 2. The zero-order valence-corrected chi connectivity index (χ0v) is 13.7. The highest BCUT2D eigenvalue weighted by molar-refractivity contribution is 14.1. The van der Waals surface area contributed by atoms with Gasteiger partial charge in [0.05, 0.1) is 6.54 Å². The van der Waals surface area contributed by atoms with Gasteiger partial charge in [-0.05, 0) is 65.9 Å². The summed E-state index contributed by atoms with van der Waals surface area (Å²) in [7, 11) is 0. The fourth-order valence-electron chi connectivity index (χ4n) is 1.77. The molecule has 108 valence electrons. The lowest BCUT2D eigenvalue weighted by Crippen LogP contribution is -2.21. The number of halogens is 1. The van der Waals surface area contributed by atoms with Crippen LogP contribution in [0.3, 0.4) is 0 Å². The van der Waals surface area contributed by atoms with Crippen LogP contribution < -0.4 is 10.6 Å². The zero-order valence-electron chi connectivity index (χ0n) is 11.5. The molecule has 2 aromatic rings. The normalized spacial score (nSPS) is 10.0. The number of hydrogen-bond donors (Lipinski definition) is 2. The Bertz CT molecular complexity index is 654. The van der Waals surface area contributed by atoms with Gasteiger partial charge in [0, 0.05) is 20.5 Å². The number of amides is 1. The molecule has 0 aliphatic rings. The Morgan fingerprint density at radius 1 is 1.05 bits per heavy atom. The Kier molecular flexibility index (Phi) is 5.32. The van der Waals surface area contributed by atoms with E-state index in [4.69, 9.17) is 0 Å². The quantitative estimate of drug-likeness (QED) is 0.603. The lowest BCUT2D eigenvalue weighted by molar-refractivity contribution is -0.114. The molecule has 2 aromatic carbocycles. The second-order valence-corrected chi connectivity index (χ2v) is 5.79. The van der Waals surface area contributed by atoms with Crippen LogP contribution in [0.4, 0.5) is 11.4 Å². The molecule has 0 fully saturated rings. The molecule has 5 heteroatoms. The van der Waals surface area contributed by atoms with Gasteiger partial charge in [-0.1, -0.05) is 12.1 Å². The van der Waals surface area contributed by atoms with Gasteiger partial charge in [0.1, 0.15) is 0 Å². The maximum atomic E-state index is 11.8. The van der Waals surface area contributed by atoms with Gasteiger partial charge in [-0.15, -0.1) is 0 Å². The standard InChI is InChI=1S/C16H15IN2O2/c1-11(20)12-3-2-4-15(9-12)18-10-16(21)19-14-7-5-13(17)6-8-14/h2-9,18H,10H2,1H3,(H,19,21). The molecule has 0 heterocycles. The second-order valence-electron chi connectivity index (χ2n) is 4.55. The molecule has 0 atom stereocenters. The number of hydrogen-bond acceptors (Lipinski definition) is 3. The van der Waals surface area contributed by atoms with E-state index in [-0.39, 0.29) is 18.2 Å². The Balaban J connectivity index is 1.90. The van der Waals surface area contributed by atoms with Gasteiger partial charge in [0.25, 0.3) is 0 Å². The third kappa shape index (κ3) is 4.86. The fraction of sp³-hybridized carbons (Fsp3) is 0.125. The Hall–Kier alpha value is -1.89. The molecule has 0 saturated carbocycles. The van der Waals surface area contributed by atoms with Crippen LogP contribution in [0.5, 0.6) is 0 Å². The first-order valence-corrected chi connectivity index (χ1v) is 7.53. The van der Waals surface area contributed by atoms with Crippen LogP contribution in [-0.2, 0) is 4.79 Å². The molecule has 0 spiro atoms. The van der Waals surface area contributed by atoms with Crippen molar-refractivity contribution in [3.8, 4) is 0 Å².